The number of nitrogens with zero attached hydrogens (tertiary/aromatic N) is 2. The molecule has 13 N–H and O–H groups in total. The summed E-state index contributed by atoms with van der Waals surface area (Å²) in [5.74, 6) is -6.71. The third kappa shape index (κ3) is 18.1. The highest BCUT2D eigenvalue weighted by atomic mass is 127. The maximum absolute atomic E-state index is 15.0. The zero-order chi connectivity index (χ0) is 53.9. The fourth-order valence-corrected chi connectivity index (χ4v) is 10.1. The molecule has 3 unspecified atom stereocenters. The van der Waals surface area contributed by atoms with Gasteiger partial charge in [-0.3, -0.25) is 47.9 Å². The molecule has 1 saturated carbocycles. The molecule has 4 rings (SSSR count). The third-order valence-electron chi connectivity index (χ3n) is 13.5. The van der Waals surface area contributed by atoms with Crippen molar-refractivity contribution in [1.82, 2.24) is 47.0 Å². The van der Waals surface area contributed by atoms with E-state index in [-0.39, 0.29) is 49.4 Å². The molecule has 2 heterocycles. The number of alkyl halides is 1. The van der Waals surface area contributed by atoms with Crippen molar-refractivity contribution in [3.63, 3.8) is 0 Å². The Morgan fingerprint density at radius 2 is 1.37 bits per heavy atom. The van der Waals surface area contributed by atoms with Gasteiger partial charge in [-0.1, -0.05) is 81.2 Å². The van der Waals surface area contributed by atoms with Crippen LogP contribution in [0.4, 0.5) is 0 Å². The number of aliphatic hydroxyl groups excluding tert-OH is 1. The highest BCUT2D eigenvalue weighted by Crippen LogP contribution is 2.41. The Bertz CT molecular complexity index is 2120. The number of phenols is 1. The van der Waals surface area contributed by atoms with Gasteiger partial charge in [0.05, 0.1) is 25.7 Å². The lowest BCUT2D eigenvalue weighted by Gasteiger charge is -2.38. The van der Waals surface area contributed by atoms with E-state index < -0.39 is 125 Å². The number of rotatable bonds is 27. The van der Waals surface area contributed by atoms with Crippen molar-refractivity contribution in [3.8, 4) is 5.75 Å². The molecule has 0 bridgehead atoms. The second-order valence-corrected chi connectivity index (χ2v) is 21.0. The lowest BCUT2D eigenvalue weighted by atomic mass is 9.84. The fraction of sp³-hybridized carbons (Fsp3) is 0.673. The fourth-order valence-electron chi connectivity index (χ4n) is 9.63. The second kappa shape index (κ2) is 29.3. The Labute approximate surface area is 440 Å². The van der Waals surface area contributed by atoms with Crippen LogP contribution in [-0.4, -0.2) is 164 Å². The first-order valence-corrected chi connectivity index (χ1v) is 26.6. The molecule has 0 aromatic heterocycles. The number of aromatic hydroxyl groups is 1. The number of hydrogen-bond donors (Lipinski definition) is 11. The van der Waals surface area contributed by atoms with E-state index >= 15 is 0 Å². The summed E-state index contributed by atoms with van der Waals surface area (Å²) in [6, 6.07) is -0.965. The monoisotopic (exact) mass is 1140 g/mol. The van der Waals surface area contributed by atoms with Crippen LogP contribution < -0.4 is 48.7 Å². The molecule has 2 saturated heterocycles. The molecule has 0 spiro atoms. The predicted octanol–water partition coefficient (Wildman–Crippen LogP) is -1.37. The Kier molecular flexibility index (Phi) is 24.1. The average Bonchev–Trinajstić information content (AvgIpc) is 3.95. The number of carbonyl (C=O) groups excluding carboxylic acids is 10. The maximum Gasteiger partial charge on any atom is 0.247 e. The van der Waals surface area contributed by atoms with Crippen molar-refractivity contribution < 1.29 is 58.2 Å². The molecular weight excluding hydrogens is 1060 g/mol. The standard InChI is InChI=1S/C49H76IN11O12/c1-5-6-12-34(56-28(4)62)45(69)58-35(20-29-15-17-31(63)18-16-29)46(70)59-43(42(50)27(2)3)49(73)60-26-32(64)22-38(60)48(72)61-36-14-8-7-11-30(36)21-37(61)47(71)55-24-40(66)53-23-39(65)54-25-41(67)57-33(44(52)68)13-9-10-19-51/h15-18,27,30,32-38,42-43,63-64H,5-14,19-26,51H2,1-4H3,(H2,52,68)(H,53,66)(H,54,65)(H,55,71)(H,56,62)(H,57,67)(H,58,69)(H,59,70)/t30?,32-,33+,34+,35+,36?,37+,38+,42?,43+/m1/s1. The molecule has 1 aromatic carbocycles. The van der Waals surface area contributed by atoms with Crippen LogP contribution in [0, 0.1) is 11.8 Å². The number of carbonyl (C=O) groups is 10. The molecule has 1 aromatic rings. The van der Waals surface area contributed by atoms with E-state index in [9.17, 15) is 58.2 Å². The summed E-state index contributed by atoms with van der Waals surface area (Å²) in [5, 5.41) is 39.1. The number of likely N-dealkylation sites (tertiary alicyclic amines) is 2. The van der Waals surface area contributed by atoms with E-state index in [1.54, 1.807) is 12.1 Å². The third-order valence-corrected chi connectivity index (χ3v) is 15.7. The largest absolute Gasteiger partial charge is 0.508 e. The van der Waals surface area contributed by atoms with Gasteiger partial charge in [0, 0.05) is 36.3 Å². The predicted molar refractivity (Wildman–Crippen MR) is 276 cm³/mol. The van der Waals surface area contributed by atoms with E-state index in [1.165, 1.54) is 28.9 Å². The lowest BCUT2D eigenvalue weighted by Crippen LogP contribution is -2.62. The number of amides is 10. The molecule has 3 aliphatic rings. The Morgan fingerprint density at radius 1 is 0.753 bits per heavy atom. The summed E-state index contributed by atoms with van der Waals surface area (Å²) in [6.45, 7) is 5.53. The van der Waals surface area contributed by atoms with Gasteiger partial charge in [0.25, 0.3) is 0 Å². The summed E-state index contributed by atoms with van der Waals surface area (Å²) in [7, 11) is 0. The van der Waals surface area contributed by atoms with Crippen molar-refractivity contribution >= 4 is 81.7 Å². The highest BCUT2D eigenvalue weighted by molar-refractivity contribution is 14.1. The van der Waals surface area contributed by atoms with Gasteiger partial charge in [-0.15, -0.1) is 0 Å². The molecule has 23 nitrogen and oxygen atoms in total. The average molecular weight is 1140 g/mol. The molecule has 2 aliphatic heterocycles. The molecule has 24 heteroatoms. The number of halogens is 1. The van der Waals surface area contributed by atoms with Crippen LogP contribution in [0.25, 0.3) is 0 Å². The normalized spacial score (nSPS) is 21.3. The number of aliphatic hydroxyl groups is 1. The highest BCUT2D eigenvalue weighted by Gasteiger charge is 2.52. The van der Waals surface area contributed by atoms with Crippen molar-refractivity contribution in [2.75, 3.05) is 32.7 Å². The number of unbranched alkanes of at least 4 members (excludes halogenated alkanes) is 2. The zero-order valence-corrected chi connectivity index (χ0v) is 44.4. The first kappa shape index (κ1) is 59.9. The molecule has 10 atom stereocenters. The molecular formula is C49H76IN11O12. The first-order chi connectivity index (χ1) is 34.6. The zero-order valence-electron chi connectivity index (χ0n) is 42.3. The van der Waals surface area contributed by atoms with E-state index in [2.05, 4.69) is 59.8 Å². The van der Waals surface area contributed by atoms with Crippen molar-refractivity contribution in [1.29, 1.82) is 0 Å². The van der Waals surface area contributed by atoms with Crippen LogP contribution in [-0.2, 0) is 54.4 Å². The molecule has 73 heavy (non-hydrogen) atoms. The molecule has 3 fully saturated rings. The van der Waals surface area contributed by atoms with E-state index in [1.807, 2.05) is 20.8 Å². The summed E-state index contributed by atoms with van der Waals surface area (Å²) in [6.07, 6.45) is 5.11. The van der Waals surface area contributed by atoms with Crippen LogP contribution in [0.5, 0.6) is 5.75 Å². The van der Waals surface area contributed by atoms with Crippen LogP contribution in [0.2, 0.25) is 0 Å². The van der Waals surface area contributed by atoms with Gasteiger partial charge >= 0.3 is 0 Å². The van der Waals surface area contributed by atoms with E-state index in [0.29, 0.717) is 50.6 Å². The summed E-state index contributed by atoms with van der Waals surface area (Å²) < 4.78 is -0.563. The Morgan fingerprint density at radius 3 is 1.99 bits per heavy atom. The van der Waals surface area contributed by atoms with Crippen molar-refractivity contribution in [3.05, 3.63) is 29.8 Å². The number of benzene rings is 1. The van der Waals surface area contributed by atoms with Gasteiger partial charge in [-0.05, 0) is 81.0 Å². The van der Waals surface area contributed by atoms with Gasteiger partial charge in [0.2, 0.25) is 59.1 Å². The summed E-state index contributed by atoms with van der Waals surface area (Å²) in [4.78, 5) is 136. The van der Waals surface area contributed by atoms with E-state index in [4.69, 9.17) is 11.5 Å². The number of fused-ring (bicyclic) bond motifs is 1. The molecule has 1 aliphatic carbocycles. The van der Waals surface area contributed by atoms with Crippen molar-refractivity contribution in [2.45, 2.75) is 163 Å². The Balaban J connectivity index is 1.48. The summed E-state index contributed by atoms with van der Waals surface area (Å²) in [5.41, 5.74) is 11.4. The van der Waals surface area contributed by atoms with Gasteiger partial charge < -0.3 is 68.7 Å². The molecule has 10 amide bonds. The quantitative estimate of drug-likeness (QED) is 0.0276. The number of β-amino-alcohol motifs (C(OH)–C–C–N with tert-alkyl or cyclic N) is 1. The number of phenolic OH excluding ortho intramolecular Hbond substituents is 1. The van der Waals surface area contributed by atoms with Gasteiger partial charge in [-0.2, -0.15) is 0 Å². The Hall–Kier alpha value is -5.63. The molecule has 0 radical (unpaired) electrons. The van der Waals surface area contributed by atoms with E-state index in [0.717, 1.165) is 25.7 Å². The smallest absolute Gasteiger partial charge is 0.247 e. The minimum atomic E-state index is -1.26. The SMILES string of the molecule is CCCC[C@H](NC(C)=O)C(=O)N[C@@H](Cc1ccc(O)cc1)C(=O)N[C@H](C(=O)N1C[C@H](O)C[C@H]1C(=O)N1C2CCCCC2C[C@H]1C(=O)NCC(=O)NCC(=O)NCC(=O)N[C@@H](CCCCN)C(N)=O)C(I)C(C)C. The number of hydrogen-bond acceptors (Lipinski definition) is 13. The van der Waals surface area contributed by atoms with Gasteiger partial charge in [0.1, 0.15) is 42.0 Å². The molecule has 406 valence electrons. The van der Waals surface area contributed by atoms with Crippen LogP contribution in [0.3, 0.4) is 0 Å². The number of nitrogens with one attached hydrogen (secondary N) is 7. The minimum Gasteiger partial charge on any atom is -0.508 e. The van der Waals surface area contributed by atoms with Crippen LogP contribution in [0.15, 0.2) is 24.3 Å². The second-order valence-electron chi connectivity index (χ2n) is 19.6. The number of nitrogens with two attached hydrogens (primary N) is 2. The number of primary amides is 1. The van der Waals surface area contributed by atoms with Crippen LogP contribution >= 0.6 is 22.6 Å². The van der Waals surface area contributed by atoms with Gasteiger partial charge in [0.15, 0.2) is 0 Å². The van der Waals surface area contributed by atoms with Gasteiger partial charge in [-0.25, -0.2) is 0 Å². The topological polar surface area (TPSA) is 354 Å². The summed E-state index contributed by atoms with van der Waals surface area (Å²) >= 11 is 2.06. The van der Waals surface area contributed by atoms with Crippen LogP contribution in [0.1, 0.15) is 110 Å². The minimum absolute atomic E-state index is 0.0109. The maximum atomic E-state index is 15.0. The first-order valence-electron chi connectivity index (χ1n) is 25.4. The van der Waals surface area contributed by atoms with Crippen molar-refractivity contribution in [2.24, 2.45) is 23.3 Å². The lowest BCUT2D eigenvalue weighted by molar-refractivity contribution is -0.150.